The van der Waals surface area contributed by atoms with Gasteiger partial charge in [-0.1, -0.05) is 39.5 Å². The number of ether oxygens (including phenoxy) is 2. The van der Waals surface area contributed by atoms with E-state index in [-0.39, 0.29) is 34.6 Å². The zero-order valence-electron chi connectivity index (χ0n) is 18.0. The Hall–Kier alpha value is -1.74. The van der Waals surface area contributed by atoms with Crippen LogP contribution in [0.15, 0.2) is 23.2 Å². The first-order chi connectivity index (χ1) is 14.3. The quantitative estimate of drug-likeness (QED) is 0.594. The molecule has 2 fully saturated rings. The molecule has 166 valence electrons. The maximum atomic E-state index is 12.3. The summed E-state index contributed by atoms with van der Waals surface area (Å²) >= 11 is 1.38. The Balaban J connectivity index is 2.00. The fraction of sp³-hybridized carbons (Fsp3) is 0.619. The molecule has 2 heterocycles. The molecule has 3 rings (SSSR count). The predicted molar refractivity (Wildman–Crippen MR) is 122 cm³/mol. The summed E-state index contributed by atoms with van der Waals surface area (Å²) in [6.45, 7) is 8.81. The molecule has 1 amide bonds. The number of sulfone groups is 1. The third kappa shape index (κ3) is 5.11. The highest BCUT2D eigenvalue weighted by molar-refractivity contribution is 8.16. The van der Waals surface area contributed by atoms with Gasteiger partial charge in [0.15, 0.2) is 26.5 Å². The van der Waals surface area contributed by atoms with Crippen molar-refractivity contribution in [2.45, 2.75) is 51.8 Å². The van der Waals surface area contributed by atoms with Gasteiger partial charge in [0.1, 0.15) is 0 Å². The van der Waals surface area contributed by atoms with Gasteiger partial charge in [0.2, 0.25) is 0 Å². The van der Waals surface area contributed by atoms with Gasteiger partial charge in [-0.15, -0.1) is 0 Å². The molecule has 0 bridgehead atoms. The van der Waals surface area contributed by atoms with E-state index in [2.05, 4.69) is 4.99 Å². The number of thioether (sulfide) groups is 1. The molecule has 1 aromatic rings. The lowest BCUT2D eigenvalue weighted by Crippen LogP contribution is -2.37. The van der Waals surface area contributed by atoms with Crippen molar-refractivity contribution in [2.24, 2.45) is 10.9 Å². The number of benzene rings is 1. The number of amidine groups is 1. The van der Waals surface area contributed by atoms with Gasteiger partial charge in [-0.3, -0.25) is 4.79 Å². The molecular formula is C21H30N2O5S2. The summed E-state index contributed by atoms with van der Waals surface area (Å²) in [6.07, 6.45) is 1.74. The van der Waals surface area contributed by atoms with Crippen LogP contribution in [0.25, 0.3) is 0 Å². The number of hydrogen-bond donors (Lipinski definition) is 0. The lowest BCUT2D eigenvalue weighted by molar-refractivity contribution is -0.120. The minimum absolute atomic E-state index is 0.0544. The molecule has 2 unspecified atom stereocenters. The van der Waals surface area contributed by atoms with Crippen molar-refractivity contribution >= 4 is 38.4 Å². The van der Waals surface area contributed by atoms with E-state index in [0.29, 0.717) is 29.9 Å². The Labute approximate surface area is 183 Å². The average Bonchev–Trinajstić information content (AvgIpc) is 3.15. The fourth-order valence-corrected chi connectivity index (χ4v) is 7.31. The normalized spacial score (nSPS) is 23.8. The second kappa shape index (κ2) is 9.60. The van der Waals surface area contributed by atoms with Crippen molar-refractivity contribution in [3.63, 3.8) is 0 Å². The number of anilines is 1. The number of hydrogen-bond acceptors (Lipinski definition) is 6. The second-order valence-corrected chi connectivity index (χ2v) is 11.2. The van der Waals surface area contributed by atoms with Crippen LogP contribution in [-0.2, 0) is 14.6 Å². The molecule has 0 saturated carbocycles. The van der Waals surface area contributed by atoms with Gasteiger partial charge in [-0.2, -0.15) is 4.99 Å². The third-order valence-corrected chi connectivity index (χ3v) is 8.10. The van der Waals surface area contributed by atoms with Crippen LogP contribution in [0.4, 0.5) is 5.69 Å². The van der Waals surface area contributed by atoms with Crippen LogP contribution < -0.4 is 14.4 Å². The van der Waals surface area contributed by atoms with Gasteiger partial charge in [0.25, 0.3) is 5.91 Å². The number of carbonyl (C=O) groups excluding carboxylic acids is 1. The molecule has 2 aliphatic rings. The first-order valence-electron chi connectivity index (χ1n) is 10.4. The smallest absolute Gasteiger partial charge is 0.250 e. The number of carbonyl (C=O) groups is 1. The van der Waals surface area contributed by atoms with Crippen molar-refractivity contribution < 1.29 is 22.7 Å². The first-order valence-corrected chi connectivity index (χ1v) is 13.1. The van der Waals surface area contributed by atoms with Crippen molar-refractivity contribution in [2.75, 3.05) is 29.6 Å². The summed E-state index contributed by atoms with van der Waals surface area (Å²) in [5, 5.41) is 0.423. The summed E-state index contributed by atoms with van der Waals surface area (Å²) in [6, 6.07) is 5.34. The summed E-state index contributed by atoms with van der Waals surface area (Å²) in [5.74, 6) is 0.997. The molecule has 2 aliphatic heterocycles. The fourth-order valence-electron chi connectivity index (χ4n) is 3.39. The predicted octanol–water partition coefficient (Wildman–Crippen LogP) is 3.52. The van der Waals surface area contributed by atoms with Crippen molar-refractivity contribution in [1.82, 2.24) is 0 Å². The molecule has 30 heavy (non-hydrogen) atoms. The van der Waals surface area contributed by atoms with E-state index in [9.17, 15) is 13.2 Å². The van der Waals surface area contributed by atoms with E-state index in [1.807, 2.05) is 36.9 Å². The van der Waals surface area contributed by atoms with Crippen molar-refractivity contribution in [3.05, 3.63) is 18.2 Å². The van der Waals surface area contributed by atoms with E-state index in [1.54, 1.807) is 13.8 Å². The number of rotatable bonds is 8. The summed E-state index contributed by atoms with van der Waals surface area (Å²) < 4.78 is 36.2. The molecule has 9 heteroatoms. The molecule has 0 aromatic heterocycles. The van der Waals surface area contributed by atoms with Gasteiger partial charge in [0.05, 0.1) is 30.8 Å². The Morgan fingerprint density at radius 2 is 1.83 bits per heavy atom. The molecule has 0 N–H and O–H groups in total. The highest BCUT2D eigenvalue weighted by Gasteiger charge is 2.49. The minimum atomic E-state index is -3.12. The van der Waals surface area contributed by atoms with Crippen LogP contribution in [0, 0.1) is 5.92 Å². The Kier molecular flexibility index (Phi) is 7.34. The van der Waals surface area contributed by atoms with Crippen LogP contribution in [0.5, 0.6) is 11.5 Å². The van der Waals surface area contributed by atoms with Gasteiger partial charge >= 0.3 is 0 Å². The molecule has 1 aromatic carbocycles. The molecule has 7 nitrogen and oxygen atoms in total. The van der Waals surface area contributed by atoms with Gasteiger partial charge in [-0.25, -0.2) is 8.42 Å². The lowest BCUT2D eigenvalue weighted by atomic mass is 10.2. The second-order valence-electron chi connectivity index (χ2n) is 7.89. The monoisotopic (exact) mass is 454 g/mol. The van der Waals surface area contributed by atoms with Crippen LogP contribution >= 0.6 is 11.8 Å². The molecule has 0 radical (unpaired) electrons. The first kappa shape index (κ1) is 22.9. The molecule has 0 spiro atoms. The van der Waals surface area contributed by atoms with Gasteiger partial charge < -0.3 is 14.4 Å². The van der Waals surface area contributed by atoms with Crippen LogP contribution in [0.3, 0.4) is 0 Å². The van der Waals surface area contributed by atoms with E-state index >= 15 is 0 Å². The molecule has 2 atom stereocenters. The van der Waals surface area contributed by atoms with E-state index in [0.717, 1.165) is 18.5 Å². The average molecular weight is 455 g/mol. The van der Waals surface area contributed by atoms with Crippen molar-refractivity contribution in [3.8, 4) is 11.5 Å². The van der Waals surface area contributed by atoms with Gasteiger partial charge in [0, 0.05) is 22.9 Å². The zero-order valence-corrected chi connectivity index (χ0v) is 19.6. The van der Waals surface area contributed by atoms with Crippen LogP contribution in [-0.4, -0.2) is 55.5 Å². The highest BCUT2D eigenvalue weighted by Crippen LogP contribution is 2.43. The van der Waals surface area contributed by atoms with E-state index in [4.69, 9.17) is 9.47 Å². The maximum absolute atomic E-state index is 12.3. The lowest BCUT2D eigenvalue weighted by Gasteiger charge is -2.25. The Morgan fingerprint density at radius 1 is 1.17 bits per heavy atom. The number of aliphatic imine (C=N–C) groups is 1. The largest absolute Gasteiger partial charge is 0.490 e. The maximum Gasteiger partial charge on any atom is 0.250 e. The zero-order chi connectivity index (χ0) is 21.9. The molecule has 2 saturated heterocycles. The standard InChI is InChI=1S/C21H30N2O5S2/c1-5-9-27-17-8-7-15(11-18(17)28-10-6-2)23-16-12-30(25,26)13-19(16)29-21(23)22-20(24)14(3)4/h7-8,11,14,16,19H,5-6,9-10,12-13H2,1-4H3. The van der Waals surface area contributed by atoms with E-state index in [1.165, 1.54) is 11.8 Å². The van der Waals surface area contributed by atoms with Crippen molar-refractivity contribution in [1.29, 1.82) is 0 Å². The SMILES string of the molecule is CCCOc1ccc(N2C(=NC(=O)C(C)C)SC3CS(=O)(=O)CC32)cc1OCCC. The van der Waals surface area contributed by atoms with E-state index < -0.39 is 9.84 Å². The number of fused-ring (bicyclic) bond motifs is 1. The van der Waals surface area contributed by atoms with Crippen LogP contribution in [0.2, 0.25) is 0 Å². The topological polar surface area (TPSA) is 85.3 Å². The molecule has 0 aliphatic carbocycles. The van der Waals surface area contributed by atoms with Gasteiger partial charge in [-0.05, 0) is 25.0 Å². The minimum Gasteiger partial charge on any atom is -0.490 e. The number of amides is 1. The molecular weight excluding hydrogens is 424 g/mol. The summed E-state index contributed by atoms with van der Waals surface area (Å²) in [7, 11) is -3.12. The Bertz CT molecular complexity index is 914. The number of nitrogens with zero attached hydrogens (tertiary/aromatic N) is 2. The Morgan fingerprint density at radius 3 is 2.47 bits per heavy atom. The summed E-state index contributed by atoms with van der Waals surface area (Å²) in [5.41, 5.74) is 0.761. The third-order valence-electron chi connectivity index (χ3n) is 4.90. The highest BCUT2D eigenvalue weighted by atomic mass is 32.2. The summed E-state index contributed by atoms with van der Waals surface area (Å²) in [4.78, 5) is 18.5. The van der Waals surface area contributed by atoms with Crippen LogP contribution in [0.1, 0.15) is 40.5 Å².